The van der Waals surface area contributed by atoms with Crippen LogP contribution in [0.1, 0.15) is 34.0 Å². The maximum Gasteiger partial charge on any atom is 0.266 e. The fourth-order valence-corrected chi connectivity index (χ4v) is 4.28. The third kappa shape index (κ3) is 2.35. The summed E-state index contributed by atoms with van der Waals surface area (Å²) in [5.41, 5.74) is 2.31. The molecule has 1 N–H and O–H groups in total. The molecule has 0 bridgehead atoms. The number of fused-ring (bicyclic) bond motifs is 3. The first-order chi connectivity index (χ1) is 11.2. The predicted molar refractivity (Wildman–Crippen MR) is 84.9 cm³/mol. The summed E-state index contributed by atoms with van der Waals surface area (Å²) < 4.78 is 0. The Kier molecular flexibility index (Phi) is 3.27. The number of likely N-dealkylation sites (tertiary alicyclic amines) is 1. The van der Waals surface area contributed by atoms with E-state index in [9.17, 15) is 9.59 Å². The van der Waals surface area contributed by atoms with E-state index in [2.05, 4.69) is 9.97 Å². The molecule has 1 aliphatic carbocycles. The highest BCUT2D eigenvalue weighted by molar-refractivity contribution is 7.12. The molecule has 0 atom stereocenters. The van der Waals surface area contributed by atoms with Crippen molar-refractivity contribution in [3.63, 3.8) is 0 Å². The van der Waals surface area contributed by atoms with Crippen LogP contribution in [0.25, 0.3) is 11.3 Å². The van der Waals surface area contributed by atoms with E-state index in [0.717, 1.165) is 52.6 Å². The van der Waals surface area contributed by atoms with E-state index in [4.69, 9.17) is 5.26 Å². The molecule has 116 valence electrons. The average Bonchev–Trinajstić information content (AvgIpc) is 3.13. The number of carbonyl (C=O) groups is 1. The molecule has 0 saturated carbocycles. The van der Waals surface area contributed by atoms with Gasteiger partial charge in [-0.15, -0.1) is 11.3 Å². The Morgan fingerprint density at radius 3 is 2.96 bits per heavy atom. The van der Waals surface area contributed by atoms with Crippen molar-refractivity contribution in [3.05, 3.63) is 37.6 Å². The number of pyridine rings is 1. The number of H-pyrrole nitrogens is 1. The molecule has 0 aromatic carbocycles. The summed E-state index contributed by atoms with van der Waals surface area (Å²) in [7, 11) is 0. The van der Waals surface area contributed by atoms with Crippen LogP contribution >= 0.6 is 11.3 Å². The minimum atomic E-state index is -0.340. The molecule has 7 heteroatoms. The fraction of sp³-hybridized carbons (Fsp3) is 0.375. The molecule has 2 aliphatic rings. The Bertz CT molecular complexity index is 906. The van der Waals surface area contributed by atoms with E-state index in [1.54, 1.807) is 17.4 Å². The topological polar surface area (TPSA) is 89.9 Å². The molecule has 1 amide bonds. The van der Waals surface area contributed by atoms with Crippen molar-refractivity contribution in [3.8, 4) is 17.3 Å². The van der Waals surface area contributed by atoms with Crippen LogP contribution in [0.4, 0.5) is 0 Å². The summed E-state index contributed by atoms with van der Waals surface area (Å²) in [6, 6.07) is 3.56. The lowest BCUT2D eigenvalue weighted by molar-refractivity contribution is -0.128. The summed E-state index contributed by atoms with van der Waals surface area (Å²) in [6.07, 6.45) is 3.11. The van der Waals surface area contributed by atoms with Gasteiger partial charge in [0.25, 0.3) is 5.56 Å². The number of amides is 1. The normalized spacial score (nSPS) is 16.1. The van der Waals surface area contributed by atoms with Gasteiger partial charge in [-0.25, -0.2) is 4.98 Å². The molecule has 2 aromatic rings. The average molecular weight is 326 g/mol. The number of nitrogens with zero attached hydrogens (tertiary/aromatic N) is 3. The van der Waals surface area contributed by atoms with E-state index in [-0.39, 0.29) is 17.0 Å². The second-order valence-electron chi connectivity index (χ2n) is 5.81. The van der Waals surface area contributed by atoms with Gasteiger partial charge in [0.15, 0.2) is 0 Å². The molecule has 3 heterocycles. The minimum absolute atomic E-state index is 0.112. The second-order valence-corrected chi connectivity index (χ2v) is 6.98. The lowest BCUT2D eigenvalue weighted by atomic mass is 9.97. The van der Waals surface area contributed by atoms with Gasteiger partial charge in [-0.2, -0.15) is 5.26 Å². The predicted octanol–water partition coefficient (Wildman–Crippen LogP) is 1.59. The first kappa shape index (κ1) is 14.2. The van der Waals surface area contributed by atoms with Crippen LogP contribution in [0, 0.1) is 11.3 Å². The zero-order valence-electron chi connectivity index (χ0n) is 12.4. The molecule has 0 radical (unpaired) electrons. The van der Waals surface area contributed by atoms with Gasteiger partial charge in [-0.05, 0) is 25.3 Å². The molecule has 23 heavy (non-hydrogen) atoms. The number of aromatic nitrogens is 2. The fourth-order valence-electron chi connectivity index (χ4n) is 3.18. The summed E-state index contributed by atoms with van der Waals surface area (Å²) in [6.45, 7) is 1.35. The molecular formula is C16H14N4O2S. The number of rotatable bonds is 2. The monoisotopic (exact) mass is 326 g/mol. The standard InChI is InChI=1S/C16H14N4O2S/c17-7-9-6-10-11(18-16(9)22)3-4-12-15(10)19-13(23-12)8-20-5-1-2-14(20)21/h6H,1-5,8H2,(H,18,22). The largest absolute Gasteiger partial charge is 0.336 e. The van der Waals surface area contributed by atoms with Crippen molar-refractivity contribution in [2.24, 2.45) is 0 Å². The Hall–Kier alpha value is -2.46. The van der Waals surface area contributed by atoms with Crippen molar-refractivity contribution < 1.29 is 4.79 Å². The van der Waals surface area contributed by atoms with Crippen LogP contribution in [0.5, 0.6) is 0 Å². The molecule has 0 spiro atoms. The van der Waals surface area contributed by atoms with Gasteiger partial charge in [0.2, 0.25) is 5.91 Å². The SMILES string of the molecule is N#Cc1cc2c([nH]c1=O)CCc1sc(CN3CCCC3=O)nc1-2. The molecule has 0 unspecified atom stereocenters. The summed E-state index contributed by atoms with van der Waals surface area (Å²) in [5.74, 6) is 0.190. The van der Waals surface area contributed by atoms with Crippen LogP contribution in [-0.4, -0.2) is 27.3 Å². The maximum absolute atomic E-state index is 11.8. The van der Waals surface area contributed by atoms with E-state index in [0.29, 0.717) is 13.0 Å². The van der Waals surface area contributed by atoms with Crippen molar-refractivity contribution >= 4 is 17.2 Å². The van der Waals surface area contributed by atoms with Gasteiger partial charge < -0.3 is 9.88 Å². The van der Waals surface area contributed by atoms with Crippen LogP contribution < -0.4 is 5.56 Å². The van der Waals surface area contributed by atoms with Gasteiger partial charge in [0.05, 0.1) is 12.2 Å². The number of thiazole rings is 1. The van der Waals surface area contributed by atoms with Gasteiger partial charge in [0, 0.05) is 29.1 Å². The molecule has 6 nitrogen and oxygen atoms in total. The zero-order chi connectivity index (χ0) is 16.0. The van der Waals surface area contributed by atoms with Gasteiger partial charge in [-0.1, -0.05) is 0 Å². The molecule has 1 aliphatic heterocycles. The number of nitriles is 1. The molecule has 1 saturated heterocycles. The second kappa shape index (κ2) is 5.32. The number of hydrogen-bond donors (Lipinski definition) is 1. The lowest BCUT2D eigenvalue weighted by Crippen LogP contribution is -2.23. The van der Waals surface area contributed by atoms with Gasteiger partial charge in [0.1, 0.15) is 16.6 Å². The molecule has 1 fully saturated rings. The first-order valence-electron chi connectivity index (χ1n) is 7.58. The number of aryl methyl sites for hydroxylation is 2. The van der Waals surface area contributed by atoms with Crippen molar-refractivity contribution in [2.45, 2.75) is 32.2 Å². The Morgan fingerprint density at radius 2 is 2.22 bits per heavy atom. The van der Waals surface area contributed by atoms with Crippen LogP contribution in [0.3, 0.4) is 0 Å². The number of hydrogen-bond acceptors (Lipinski definition) is 5. The third-order valence-electron chi connectivity index (χ3n) is 4.34. The minimum Gasteiger partial charge on any atom is -0.336 e. The quantitative estimate of drug-likeness (QED) is 0.907. The summed E-state index contributed by atoms with van der Waals surface area (Å²) >= 11 is 1.63. The van der Waals surface area contributed by atoms with Crippen molar-refractivity contribution in [1.82, 2.24) is 14.9 Å². The smallest absolute Gasteiger partial charge is 0.266 e. The highest BCUT2D eigenvalue weighted by Crippen LogP contribution is 2.36. The molecule has 4 rings (SSSR count). The highest BCUT2D eigenvalue weighted by Gasteiger charge is 2.25. The Morgan fingerprint density at radius 1 is 1.35 bits per heavy atom. The zero-order valence-corrected chi connectivity index (χ0v) is 13.2. The van der Waals surface area contributed by atoms with E-state index >= 15 is 0 Å². The lowest BCUT2D eigenvalue weighted by Gasteiger charge is -2.14. The van der Waals surface area contributed by atoms with Crippen LogP contribution in [0.2, 0.25) is 0 Å². The van der Waals surface area contributed by atoms with Crippen molar-refractivity contribution in [1.29, 1.82) is 5.26 Å². The number of nitrogens with one attached hydrogen (secondary N) is 1. The maximum atomic E-state index is 11.8. The molecular weight excluding hydrogens is 312 g/mol. The van der Waals surface area contributed by atoms with Crippen LogP contribution in [0.15, 0.2) is 10.9 Å². The highest BCUT2D eigenvalue weighted by atomic mass is 32.1. The van der Waals surface area contributed by atoms with E-state index in [1.807, 2.05) is 11.0 Å². The number of carbonyl (C=O) groups excluding carboxylic acids is 1. The summed E-state index contributed by atoms with van der Waals surface area (Å²) in [4.78, 5) is 34.0. The van der Waals surface area contributed by atoms with Gasteiger partial charge in [-0.3, -0.25) is 9.59 Å². The van der Waals surface area contributed by atoms with E-state index < -0.39 is 0 Å². The number of aromatic amines is 1. The summed E-state index contributed by atoms with van der Waals surface area (Å²) in [5, 5.41) is 9.98. The van der Waals surface area contributed by atoms with Gasteiger partial charge >= 0.3 is 0 Å². The Labute approximate surface area is 136 Å². The van der Waals surface area contributed by atoms with Crippen molar-refractivity contribution in [2.75, 3.05) is 6.54 Å². The third-order valence-corrected chi connectivity index (χ3v) is 5.44. The first-order valence-corrected chi connectivity index (χ1v) is 8.40. The van der Waals surface area contributed by atoms with Crippen LogP contribution in [-0.2, 0) is 24.2 Å². The van der Waals surface area contributed by atoms with E-state index in [1.165, 1.54) is 0 Å². The Balaban J connectivity index is 1.72. The molecule has 2 aromatic heterocycles.